The molecule has 2 aliphatic heterocycles. The van der Waals surface area contributed by atoms with E-state index in [0.717, 1.165) is 19.4 Å². The van der Waals surface area contributed by atoms with Gasteiger partial charge in [-0.2, -0.15) is 0 Å². The fourth-order valence-corrected chi connectivity index (χ4v) is 2.44. The van der Waals surface area contributed by atoms with Crippen LogP contribution in [0, 0.1) is 5.92 Å². The topological polar surface area (TPSA) is 44.5 Å². The van der Waals surface area contributed by atoms with Gasteiger partial charge in [-0.1, -0.05) is 6.92 Å². The summed E-state index contributed by atoms with van der Waals surface area (Å²) in [6, 6.07) is 0. The Labute approximate surface area is 79.6 Å². The lowest BCUT2D eigenvalue weighted by Gasteiger charge is -2.28. The molecule has 0 aliphatic carbocycles. The lowest BCUT2D eigenvalue weighted by Crippen LogP contribution is -2.38. The second-order valence-electron chi connectivity index (χ2n) is 4.38. The monoisotopic (exact) mass is 185 g/mol. The van der Waals surface area contributed by atoms with Crippen molar-refractivity contribution in [3.8, 4) is 0 Å². The molecule has 0 bridgehead atoms. The number of hydrogen-bond donors (Lipinski definition) is 1. The molecule has 76 valence electrons. The van der Waals surface area contributed by atoms with Crippen molar-refractivity contribution < 1.29 is 9.47 Å². The average Bonchev–Trinajstić information content (AvgIpc) is 2.67. The molecule has 13 heavy (non-hydrogen) atoms. The van der Waals surface area contributed by atoms with Crippen molar-refractivity contribution in [2.24, 2.45) is 11.7 Å². The molecule has 0 saturated carbocycles. The van der Waals surface area contributed by atoms with Crippen molar-refractivity contribution in [2.45, 2.75) is 44.5 Å². The van der Waals surface area contributed by atoms with Crippen molar-refractivity contribution >= 4 is 0 Å². The van der Waals surface area contributed by atoms with Crippen molar-refractivity contribution in [3.05, 3.63) is 0 Å². The van der Waals surface area contributed by atoms with Crippen molar-refractivity contribution in [1.29, 1.82) is 0 Å². The number of rotatable bonds is 1. The largest absolute Gasteiger partial charge is 0.375 e. The summed E-state index contributed by atoms with van der Waals surface area (Å²) in [5.74, 6) is 0.504. The summed E-state index contributed by atoms with van der Waals surface area (Å²) in [5.41, 5.74) is 5.59. The Morgan fingerprint density at radius 3 is 2.69 bits per heavy atom. The maximum atomic E-state index is 5.99. The minimum absolute atomic E-state index is 0.0105. The van der Waals surface area contributed by atoms with Gasteiger partial charge >= 0.3 is 0 Å². The summed E-state index contributed by atoms with van der Waals surface area (Å²) >= 11 is 0. The summed E-state index contributed by atoms with van der Waals surface area (Å²) in [6.07, 6.45) is 2.80. The van der Waals surface area contributed by atoms with Gasteiger partial charge in [0.05, 0.1) is 24.4 Å². The van der Waals surface area contributed by atoms with Crippen LogP contribution in [-0.2, 0) is 9.47 Å². The molecule has 4 unspecified atom stereocenters. The molecule has 2 fully saturated rings. The maximum Gasteiger partial charge on any atom is 0.0970 e. The van der Waals surface area contributed by atoms with E-state index in [1.54, 1.807) is 0 Å². The molecule has 2 rings (SSSR count). The van der Waals surface area contributed by atoms with Crippen LogP contribution in [-0.4, -0.2) is 31.0 Å². The molecule has 2 N–H and O–H groups in total. The molecule has 3 heteroatoms. The number of nitrogens with two attached hydrogens (primary N) is 1. The van der Waals surface area contributed by atoms with E-state index in [-0.39, 0.29) is 11.7 Å². The summed E-state index contributed by atoms with van der Waals surface area (Å²) in [6.45, 7) is 5.74. The minimum atomic E-state index is -0.0105. The van der Waals surface area contributed by atoms with Gasteiger partial charge < -0.3 is 15.2 Å². The standard InChI is InChI=1S/C10H19NO2/c1-7-8(2)12-6-10(7)4-3-9(5-11)13-10/h7-9H,3-6,11H2,1-2H3. The Kier molecular flexibility index (Phi) is 2.34. The normalized spacial score (nSPS) is 50.5. The number of ether oxygens (including phenoxy) is 2. The van der Waals surface area contributed by atoms with Crippen LogP contribution in [0.25, 0.3) is 0 Å². The lowest BCUT2D eigenvalue weighted by molar-refractivity contribution is -0.0586. The Balaban J connectivity index is 2.06. The third kappa shape index (κ3) is 1.39. The molecule has 0 radical (unpaired) electrons. The molecule has 0 aromatic heterocycles. The van der Waals surface area contributed by atoms with Crippen molar-refractivity contribution in [1.82, 2.24) is 0 Å². The van der Waals surface area contributed by atoms with Gasteiger partial charge in [0, 0.05) is 12.5 Å². The van der Waals surface area contributed by atoms with Crippen LogP contribution in [0.2, 0.25) is 0 Å². The highest BCUT2D eigenvalue weighted by atomic mass is 16.6. The van der Waals surface area contributed by atoms with Gasteiger partial charge in [-0.05, 0) is 19.8 Å². The quantitative estimate of drug-likeness (QED) is 0.660. The highest BCUT2D eigenvalue weighted by Gasteiger charge is 2.50. The molecular weight excluding hydrogens is 166 g/mol. The van der Waals surface area contributed by atoms with Crippen molar-refractivity contribution in [2.75, 3.05) is 13.2 Å². The molecule has 0 aromatic rings. The molecule has 1 spiro atoms. The summed E-state index contributed by atoms with van der Waals surface area (Å²) in [4.78, 5) is 0. The predicted octanol–water partition coefficient (Wildman–Crippen LogP) is 0.918. The van der Waals surface area contributed by atoms with E-state index in [2.05, 4.69) is 13.8 Å². The fraction of sp³-hybridized carbons (Fsp3) is 1.00. The van der Waals surface area contributed by atoms with E-state index in [1.807, 2.05) is 0 Å². The van der Waals surface area contributed by atoms with Crippen LogP contribution < -0.4 is 5.73 Å². The third-order valence-electron chi connectivity index (χ3n) is 3.68. The Hall–Kier alpha value is -0.120. The van der Waals surface area contributed by atoms with E-state index >= 15 is 0 Å². The first-order valence-corrected chi connectivity index (χ1v) is 5.17. The van der Waals surface area contributed by atoms with Crippen LogP contribution >= 0.6 is 0 Å². The first-order valence-electron chi connectivity index (χ1n) is 5.17. The van der Waals surface area contributed by atoms with Crippen LogP contribution in [0.3, 0.4) is 0 Å². The van der Waals surface area contributed by atoms with E-state index in [9.17, 15) is 0 Å². The van der Waals surface area contributed by atoms with Crippen LogP contribution in [0.5, 0.6) is 0 Å². The summed E-state index contributed by atoms with van der Waals surface area (Å²) in [5, 5.41) is 0. The maximum absolute atomic E-state index is 5.99. The minimum Gasteiger partial charge on any atom is -0.375 e. The highest BCUT2D eigenvalue weighted by molar-refractivity contribution is 4.99. The van der Waals surface area contributed by atoms with Gasteiger partial charge in [-0.25, -0.2) is 0 Å². The van der Waals surface area contributed by atoms with Crippen LogP contribution in [0.1, 0.15) is 26.7 Å². The first-order chi connectivity index (χ1) is 6.18. The SMILES string of the molecule is CC1OCC2(CCC(CN)O2)C1C. The van der Waals surface area contributed by atoms with Crippen LogP contribution in [0.4, 0.5) is 0 Å². The summed E-state index contributed by atoms with van der Waals surface area (Å²) in [7, 11) is 0. The Bertz CT molecular complexity index is 197. The first kappa shape index (κ1) is 9.44. The Morgan fingerprint density at radius 2 is 2.23 bits per heavy atom. The van der Waals surface area contributed by atoms with Gasteiger partial charge in [0.15, 0.2) is 0 Å². The van der Waals surface area contributed by atoms with Crippen LogP contribution in [0.15, 0.2) is 0 Å². The molecule has 0 amide bonds. The second-order valence-corrected chi connectivity index (χ2v) is 4.38. The molecule has 2 saturated heterocycles. The summed E-state index contributed by atoms with van der Waals surface area (Å²) < 4.78 is 11.6. The molecular formula is C10H19NO2. The van der Waals surface area contributed by atoms with E-state index < -0.39 is 0 Å². The Morgan fingerprint density at radius 1 is 1.46 bits per heavy atom. The number of hydrogen-bond acceptors (Lipinski definition) is 3. The van der Waals surface area contributed by atoms with Gasteiger partial charge in [0.25, 0.3) is 0 Å². The van der Waals surface area contributed by atoms with E-state index in [4.69, 9.17) is 15.2 Å². The van der Waals surface area contributed by atoms with Gasteiger partial charge in [-0.15, -0.1) is 0 Å². The van der Waals surface area contributed by atoms with Crippen molar-refractivity contribution in [3.63, 3.8) is 0 Å². The molecule has 2 aliphatic rings. The predicted molar refractivity (Wildman–Crippen MR) is 50.5 cm³/mol. The molecule has 0 aromatic carbocycles. The lowest BCUT2D eigenvalue weighted by atomic mass is 9.86. The van der Waals surface area contributed by atoms with E-state index in [1.165, 1.54) is 0 Å². The third-order valence-corrected chi connectivity index (χ3v) is 3.68. The van der Waals surface area contributed by atoms with Gasteiger partial charge in [-0.3, -0.25) is 0 Å². The smallest absolute Gasteiger partial charge is 0.0970 e. The zero-order chi connectivity index (χ0) is 9.47. The highest BCUT2D eigenvalue weighted by Crippen LogP contribution is 2.43. The fourth-order valence-electron chi connectivity index (χ4n) is 2.44. The molecule has 2 heterocycles. The zero-order valence-electron chi connectivity index (χ0n) is 8.45. The molecule has 3 nitrogen and oxygen atoms in total. The second kappa shape index (κ2) is 3.23. The average molecular weight is 185 g/mol. The van der Waals surface area contributed by atoms with Gasteiger partial charge in [0.2, 0.25) is 0 Å². The zero-order valence-corrected chi connectivity index (χ0v) is 8.45. The van der Waals surface area contributed by atoms with E-state index in [0.29, 0.717) is 18.6 Å². The van der Waals surface area contributed by atoms with Gasteiger partial charge in [0.1, 0.15) is 0 Å². The molecule has 4 atom stereocenters.